The molecule has 1 amide bonds. The molecule has 1 aromatic carbocycles. The Morgan fingerprint density at radius 1 is 1.19 bits per heavy atom. The van der Waals surface area contributed by atoms with Crippen LogP contribution in [-0.4, -0.2) is 42.8 Å². The molecule has 172 valence electrons. The third kappa shape index (κ3) is 6.30. The maximum atomic E-state index is 12.7. The van der Waals surface area contributed by atoms with Crippen LogP contribution in [0.2, 0.25) is 0 Å². The SMILES string of the molecule is CC(C)(C)CNCc1ccc2c(c1)C[C@H](NC(=O)c1ccc(OC[C@@H]3CCCO3)cn1)C2. The lowest BCUT2D eigenvalue weighted by Crippen LogP contribution is -2.35. The summed E-state index contributed by atoms with van der Waals surface area (Å²) in [4.78, 5) is 17.0. The quantitative estimate of drug-likeness (QED) is 0.659. The maximum Gasteiger partial charge on any atom is 0.270 e. The Hall–Kier alpha value is -2.44. The lowest BCUT2D eigenvalue weighted by atomic mass is 9.97. The van der Waals surface area contributed by atoms with Crippen LogP contribution in [0.25, 0.3) is 0 Å². The first-order chi connectivity index (χ1) is 15.4. The summed E-state index contributed by atoms with van der Waals surface area (Å²) in [5.41, 5.74) is 4.63. The van der Waals surface area contributed by atoms with E-state index in [4.69, 9.17) is 9.47 Å². The molecule has 1 saturated heterocycles. The van der Waals surface area contributed by atoms with E-state index < -0.39 is 0 Å². The number of carbonyl (C=O) groups is 1. The number of fused-ring (bicyclic) bond motifs is 1. The van der Waals surface area contributed by atoms with Crippen molar-refractivity contribution in [3.63, 3.8) is 0 Å². The van der Waals surface area contributed by atoms with E-state index in [0.717, 1.165) is 45.4 Å². The van der Waals surface area contributed by atoms with Crippen LogP contribution < -0.4 is 15.4 Å². The first-order valence-corrected chi connectivity index (χ1v) is 11.7. The minimum absolute atomic E-state index is 0.104. The normalized spacial score (nSPS) is 20.2. The second-order valence-electron chi connectivity index (χ2n) is 10.2. The number of nitrogens with one attached hydrogen (secondary N) is 2. The van der Waals surface area contributed by atoms with Crippen molar-refractivity contribution in [2.24, 2.45) is 5.41 Å². The molecule has 0 radical (unpaired) electrons. The number of amides is 1. The molecular weight excluding hydrogens is 402 g/mol. The molecule has 6 heteroatoms. The van der Waals surface area contributed by atoms with Crippen molar-refractivity contribution in [1.29, 1.82) is 0 Å². The number of nitrogens with zero attached hydrogens (tertiary/aromatic N) is 1. The zero-order chi connectivity index (χ0) is 22.6. The Balaban J connectivity index is 1.26. The third-order valence-corrected chi connectivity index (χ3v) is 5.95. The number of benzene rings is 1. The topological polar surface area (TPSA) is 72.5 Å². The number of ether oxygens (including phenoxy) is 2. The van der Waals surface area contributed by atoms with E-state index in [9.17, 15) is 4.79 Å². The first-order valence-electron chi connectivity index (χ1n) is 11.7. The average molecular weight is 438 g/mol. The molecule has 0 saturated carbocycles. The summed E-state index contributed by atoms with van der Waals surface area (Å²) in [5, 5.41) is 6.67. The van der Waals surface area contributed by atoms with Crippen molar-refractivity contribution in [2.75, 3.05) is 19.8 Å². The van der Waals surface area contributed by atoms with Gasteiger partial charge in [-0.25, -0.2) is 4.98 Å². The average Bonchev–Trinajstić information content (AvgIpc) is 3.40. The van der Waals surface area contributed by atoms with Crippen molar-refractivity contribution < 1.29 is 14.3 Å². The predicted molar refractivity (Wildman–Crippen MR) is 125 cm³/mol. The van der Waals surface area contributed by atoms with E-state index >= 15 is 0 Å². The van der Waals surface area contributed by atoms with Crippen LogP contribution in [0.4, 0.5) is 0 Å². The number of rotatable bonds is 8. The smallest absolute Gasteiger partial charge is 0.270 e. The molecule has 1 aliphatic carbocycles. The van der Waals surface area contributed by atoms with Gasteiger partial charge >= 0.3 is 0 Å². The zero-order valence-corrected chi connectivity index (χ0v) is 19.4. The molecule has 6 nitrogen and oxygen atoms in total. The van der Waals surface area contributed by atoms with E-state index in [2.05, 4.69) is 54.6 Å². The van der Waals surface area contributed by atoms with Crippen LogP contribution in [0.1, 0.15) is 60.8 Å². The summed E-state index contributed by atoms with van der Waals surface area (Å²) >= 11 is 0. The lowest BCUT2D eigenvalue weighted by Gasteiger charge is -2.19. The van der Waals surface area contributed by atoms with Gasteiger partial charge in [0, 0.05) is 25.7 Å². The molecule has 4 rings (SSSR count). The molecule has 32 heavy (non-hydrogen) atoms. The van der Waals surface area contributed by atoms with Gasteiger partial charge in [-0.05, 0) is 59.9 Å². The fourth-order valence-electron chi connectivity index (χ4n) is 4.29. The summed E-state index contributed by atoms with van der Waals surface area (Å²) in [6.45, 7) is 9.89. The van der Waals surface area contributed by atoms with E-state index in [1.165, 1.54) is 16.7 Å². The number of carbonyl (C=O) groups excluding carboxylic acids is 1. The summed E-state index contributed by atoms with van der Waals surface area (Å²) in [5.74, 6) is 0.526. The lowest BCUT2D eigenvalue weighted by molar-refractivity contribution is 0.0678. The van der Waals surface area contributed by atoms with Crippen molar-refractivity contribution >= 4 is 5.91 Å². The molecule has 1 fully saturated rings. The molecular formula is C26H35N3O3. The van der Waals surface area contributed by atoms with Crippen molar-refractivity contribution in [3.05, 3.63) is 58.9 Å². The van der Waals surface area contributed by atoms with Crippen molar-refractivity contribution in [2.45, 2.75) is 65.1 Å². The van der Waals surface area contributed by atoms with E-state index in [-0.39, 0.29) is 23.5 Å². The van der Waals surface area contributed by atoms with Gasteiger partial charge in [0.15, 0.2) is 0 Å². The van der Waals surface area contributed by atoms with Crippen molar-refractivity contribution in [1.82, 2.24) is 15.6 Å². The van der Waals surface area contributed by atoms with Gasteiger partial charge in [-0.1, -0.05) is 39.0 Å². The molecule has 1 aromatic heterocycles. The van der Waals surface area contributed by atoms with Gasteiger partial charge in [-0.15, -0.1) is 0 Å². The van der Waals surface area contributed by atoms with Gasteiger partial charge in [0.05, 0.1) is 12.3 Å². The Morgan fingerprint density at radius 2 is 2.03 bits per heavy atom. The first kappa shape index (κ1) is 22.7. The van der Waals surface area contributed by atoms with Crippen LogP contribution in [0.3, 0.4) is 0 Å². The van der Waals surface area contributed by atoms with E-state index in [1.807, 2.05) is 0 Å². The van der Waals surface area contributed by atoms with Crippen LogP contribution in [0.15, 0.2) is 36.5 Å². The molecule has 2 aliphatic rings. The maximum absolute atomic E-state index is 12.7. The zero-order valence-electron chi connectivity index (χ0n) is 19.4. The molecule has 0 spiro atoms. The van der Waals surface area contributed by atoms with Gasteiger partial charge in [0.2, 0.25) is 0 Å². The summed E-state index contributed by atoms with van der Waals surface area (Å²) in [7, 11) is 0. The largest absolute Gasteiger partial charge is 0.489 e. The van der Waals surface area contributed by atoms with E-state index in [0.29, 0.717) is 18.1 Å². The summed E-state index contributed by atoms with van der Waals surface area (Å²) in [6.07, 6.45) is 5.62. The standard InChI is InChI=1S/C26H35N3O3/c1-26(2,3)17-27-14-18-6-7-19-12-21(13-20(19)11-18)29-25(30)24-9-8-22(15-28-24)32-16-23-5-4-10-31-23/h6-9,11,15,21,23,27H,4-5,10,12-14,16-17H2,1-3H3,(H,29,30)/t21-,23+/m1/s1. The molecule has 2 aromatic rings. The van der Waals surface area contributed by atoms with E-state index in [1.54, 1.807) is 18.3 Å². The molecule has 2 heterocycles. The second kappa shape index (κ2) is 10.0. The Bertz CT molecular complexity index is 915. The number of aromatic nitrogens is 1. The Morgan fingerprint density at radius 3 is 2.75 bits per heavy atom. The minimum Gasteiger partial charge on any atom is -0.489 e. The second-order valence-corrected chi connectivity index (χ2v) is 10.2. The number of hydrogen-bond acceptors (Lipinski definition) is 5. The fraction of sp³-hybridized carbons (Fsp3) is 0.538. The number of hydrogen-bond donors (Lipinski definition) is 2. The molecule has 0 unspecified atom stereocenters. The Labute approximate surface area is 191 Å². The summed E-state index contributed by atoms with van der Waals surface area (Å²) in [6, 6.07) is 10.3. The van der Waals surface area contributed by atoms with Gasteiger partial charge < -0.3 is 20.1 Å². The molecule has 0 bridgehead atoms. The number of pyridine rings is 1. The molecule has 2 N–H and O–H groups in total. The molecule has 2 atom stereocenters. The Kier molecular flexibility index (Phi) is 7.11. The highest BCUT2D eigenvalue weighted by molar-refractivity contribution is 5.92. The predicted octanol–water partition coefficient (Wildman–Crippen LogP) is 3.67. The minimum atomic E-state index is -0.138. The van der Waals surface area contributed by atoms with Gasteiger partial charge in [0.25, 0.3) is 5.91 Å². The van der Waals surface area contributed by atoms with Crippen molar-refractivity contribution in [3.8, 4) is 5.75 Å². The van der Waals surface area contributed by atoms with Crippen LogP contribution in [0, 0.1) is 5.41 Å². The summed E-state index contributed by atoms with van der Waals surface area (Å²) < 4.78 is 11.3. The van der Waals surface area contributed by atoms with Gasteiger partial charge in [0.1, 0.15) is 18.1 Å². The highest BCUT2D eigenvalue weighted by Gasteiger charge is 2.24. The highest BCUT2D eigenvalue weighted by Crippen LogP contribution is 2.24. The van der Waals surface area contributed by atoms with Gasteiger partial charge in [-0.3, -0.25) is 4.79 Å². The third-order valence-electron chi connectivity index (χ3n) is 5.95. The highest BCUT2D eigenvalue weighted by atomic mass is 16.5. The monoisotopic (exact) mass is 437 g/mol. The fourth-order valence-corrected chi connectivity index (χ4v) is 4.29. The van der Waals surface area contributed by atoms with Crippen LogP contribution in [0.5, 0.6) is 5.75 Å². The van der Waals surface area contributed by atoms with Crippen LogP contribution in [-0.2, 0) is 24.1 Å². The van der Waals surface area contributed by atoms with Gasteiger partial charge in [-0.2, -0.15) is 0 Å². The molecule has 1 aliphatic heterocycles. The van der Waals surface area contributed by atoms with Crippen LogP contribution >= 0.6 is 0 Å².